The molecule has 0 aliphatic carbocycles. The lowest BCUT2D eigenvalue weighted by molar-refractivity contribution is -0.142. The fourth-order valence-electron chi connectivity index (χ4n) is 3.45. The molecule has 2 aromatic carbocycles. The summed E-state index contributed by atoms with van der Waals surface area (Å²) in [7, 11) is -3.76. The van der Waals surface area contributed by atoms with E-state index in [2.05, 4.69) is 0 Å². The first-order valence-corrected chi connectivity index (χ1v) is 11.7. The number of halogens is 1. The summed E-state index contributed by atoms with van der Waals surface area (Å²) < 4.78 is 29.6. The lowest BCUT2D eigenvalue weighted by Gasteiger charge is -2.10. The van der Waals surface area contributed by atoms with Gasteiger partial charge in [-0.3, -0.25) is 9.59 Å². The van der Waals surface area contributed by atoms with E-state index in [9.17, 15) is 18.0 Å². The van der Waals surface area contributed by atoms with Gasteiger partial charge in [-0.05, 0) is 62.2 Å². The molecule has 0 unspecified atom stereocenters. The molecule has 1 aromatic heterocycles. The maximum atomic E-state index is 12.7. The number of ether oxygens (including phenoxy) is 1. The summed E-state index contributed by atoms with van der Waals surface area (Å²) >= 11 is 6.08. The molecule has 1 heterocycles. The number of benzene rings is 2. The zero-order valence-corrected chi connectivity index (χ0v) is 19.2. The Morgan fingerprint density at radius 2 is 1.75 bits per heavy atom. The molecule has 0 aliphatic heterocycles. The van der Waals surface area contributed by atoms with Crippen LogP contribution in [0.15, 0.2) is 59.5 Å². The first-order chi connectivity index (χ1) is 15.1. The standard InChI is InChI=1S/C23H23ClN2O5S/c1-15-12-21(16(2)26(15)19-5-3-4-18(24)13-19)22(27)14-31-23(28)11-8-17-6-9-20(10-7-17)32(25,29)30/h3-7,9-10,12-13H,8,11,14H2,1-2H3,(H2,25,29,30). The number of hydrogen-bond acceptors (Lipinski definition) is 5. The molecule has 9 heteroatoms. The number of nitrogens with zero attached hydrogens (tertiary/aromatic N) is 1. The van der Waals surface area contributed by atoms with Crippen molar-refractivity contribution in [2.24, 2.45) is 5.14 Å². The molecule has 0 radical (unpaired) electrons. The minimum Gasteiger partial charge on any atom is -0.457 e. The second-order valence-electron chi connectivity index (χ2n) is 7.37. The fourth-order valence-corrected chi connectivity index (χ4v) is 4.15. The number of carbonyl (C=O) groups is 2. The molecule has 0 atom stereocenters. The third kappa shape index (κ3) is 5.64. The Hall–Kier alpha value is -2.94. The van der Waals surface area contributed by atoms with Crippen molar-refractivity contribution in [3.63, 3.8) is 0 Å². The van der Waals surface area contributed by atoms with Crippen molar-refractivity contribution in [1.29, 1.82) is 0 Å². The van der Waals surface area contributed by atoms with Crippen molar-refractivity contribution in [2.45, 2.75) is 31.6 Å². The van der Waals surface area contributed by atoms with E-state index in [1.54, 1.807) is 24.3 Å². The summed E-state index contributed by atoms with van der Waals surface area (Å²) in [5, 5.41) is 5.66. The molecule has 0 fully saturated rings. The van der Waals surface area contributed by atoms with Crippen LogP contribution in [0.5, 0.6) is 0 Å². The number of esters is 1. The van der Waals surface area contributed by atoms with Crippen molar-refractivity contribution in [2.75, 3.05) is 6.61 Å². The molecule has 3 aromatic rings. The second-order valence-corrected chi connectivity index (χ2v) is 9.37. The smallest absolute Gasteiger partial charge is 0.306 e. The number of aromatic nitrogens is 1. The zero-order chi connectivity index (χ0) is 23.5. The Labute approximate surface area is 191 Å². The van der Waals surface area contributed by atoms with Crippen LogP contribution in [0.2, 0.25) is 5.02 Å². The van der Waals surface area contributed by atoms with Gasteiger partial charge in [0, 0.05) is 34.1 Å². The molecule has 0 bridgehead atoms. The van der Waals surface area contributed by atoms with Gasteiger partial charge in [-0.15, -0.1) is 0 Å². The van der Waals surface area contributed by atoms with Gasteiger partial charge in [0.2, 0.25) is 15.8 Å². The van der Waals surface area contributed by atoms with Crippen LogP contribution >= 0.6 is 11.6 Å². The van der Waals surface area contributed by atoms with Crippen LogP contribution in [0.3, 0.4) is 0 Å². The quantitative estimate of drug-likeness (QED) is 0.395. The molecule has 0 amide bonds. The minimum absolute atomic E-state index is 0.00444. The molecule has 0 saturated carbocycles. The van der Waals surface area contributed by atoms with Gasteiger partial charge in [-0.2, -0.15) is 0 Å². The van der Waals surface area contributed by atoms with E-state index in [0.717, 1.165) is 22.6 Å². The molecule has 2 N–H and O–H groups in total. The summed E-state index contributed by atoms with van der Waals surface area (Å²) in [4.78, 5) is 24.7. The van der Waals surface area contributed by atoms with Crippen molar-refractivity contribution < 1.29 is 22.7 Å². The Balaban J connectivity index is 1.59. The number of Topliss-reactive ketones (excluding diaryl/α,β-unsaturated/α-hetero) is 1. The Kier molecular flexibility index (Phi) is 7.18. The van der Waals surface area contributed by atoms with Gasteiger partial charge in [0.25, 0.3) is 0 Å². The number of sulfonamides is 1. The number of rotatable bonds is 8. The predicted molar refractivity (Wildman–Crippen MR) is 122 cm³/mol. The zero-order valence-electron chi connectivity index (χ0n) is 17.7. The average Bonchev–Trinajstić information content (AvgIpc) is 3.04. The van der Waals surface area contributed by atoms with Gasteiger partial charge in [-0.25, -0.2) is 13.6 Å². The van der Waals surface area contributed by atoms with E-state index in [0.29, 0.717) is 17.0 Å². The molecule has 168 valence electrons. The summed E-state index contributed by atoms with van der Waals surface area (Å²) in [5.74, 6) is -0.810. The molecular weight excluding hydrogens is 452 g/mol. The maximum Gasteiger partial charge on any atom is 0.306 e. The second kappa shape index (κ2) is 9.68. The third-order valence-electron chi connectivity index (χ3n) is 5.03. The highest BCUT2D eigenvalue weighted by Crippen LogP contribution is 2.23. The highest BCUT2D eigenvalue weighted by Gasteiger charge is 2.18. The average molecular weight is 475 g/mol. The SMILES string of the molecule is Cc1cc(C(=O)COC(=O)CCc2ccc(S(N)(=O)=O)cc2)c(C)n1-c1cccc(Cl)c1. The Morgan fingerprint density at radius 3 is 2.38 bits per heavy atom. The normalized spacial score (nSPS) is 11.4. The first kappa shape index (κ1) is 23.7. The van der Waals surface area contributed by atoms with Crippen LogP contribution in [0.25, 0.3) is 5.69 Å². The van der Waals surface area contributed by atoms with Crippen molar-refractivity contribution in [1.82, 2.24) is 4.57 Å². The van der Waals surface area contributed by atoms with Gasteiger partial charge >= 0.3 is 5.97 Å². The van der Waals surface area contributed by atoms with Crippen molar-refractivity contribution >= 4 is 33.4 Å². The van der Waals surface area contributed by atoms with Gasteiger partial charge in [-0.1, -0.05) is 29.8 Å². The molecule has 0 aliphatic rings. The molecule has 0 spiro atoms. The minimum atomic E-state index is -3.76. The van der Waals surface area contributed by atoms with Gasteiger partial charge in [0.05, 0.1) is 4.90 Å². The van der Waals surface area contributed by atoms with Crippen LogP contribution in [-0.2, 0) is 26.0 Å². The number of carbonyl (C=O) groups excluding carboxylic acids is 2. The summed E-state index contributed by atoms with van der Waals surface area (Å²) in [6.45, 7) is 3.36. The topological polar surface area (TPSA) is 108 Å². The first-order valence-electron chi connectivity index (χ1n) is 9.81. The van der Waals surface area contributed by atoms with Gasteiger partial charge in [0.1, 0.15) is 0 Å². The summed E-state index contributed by atoms with van der Waals surface area (Å²) in [6, 6.07) is 15.0. The number of aryl methyl sites for hydroxylation is 2. The van der Waals surface area contributed by atoms with Crippen molar-refractivity contribution in [3.05, 3.63) is 82.1 Å². The monoisotopic (exact) mass is 474 g/mol. The van der Waals surface area contributed by atoms with E-state index in [1.165, 1.54) is 12.1 Å². The molecule has 32 heavy (non-hydrogen) atoms. The van der Waals surface area contributed by atoms with Crippen LogP contribution in [-0.4, -0.2) is 31.3 Å². The maximum absolute atomic E-state index is 12.7. The summed E-state index contributed by atoms with van der Waals surface area (Å²) in [5.41, 5.74) is 3.68. The third-order valence-corrected chi connectivity index (χ3v) is 6.20. The van der Waals surface area contributed by atoms with Crippen LogP contribution < -0.4 is 5.14 Å². The summed E-state index contributed by atoms with van der Waals surface area (Å²) in [6.07, 6.45) is 0.407. The molecular formula is C23H23ClN2O5S. The fraction of sp³-hybridized carbons (Fsp3) is 0.217. The Morgan fingerprint density at radius 1 is 1.06 bits per heavy atom. The largest absolute Gasteiger partial charge is 0.457 e. The van der Waals surface area contributed by atoms with Crippen molar-refractivity contribution in [3.8, 4) is 5.69 Å². The van der Waals surface area contributed by atoms with Gasteiger partial charge in [0.15, 0.2) is 6.61 Å². The van der Waals surface area contributed by atoms with E-state index >= 15 is 0 Å². The number of primary sulfonamides is 1. The van der Waals surface area contributed by atoms with E-state index in [4.69, 9.17) is 21.5 Å². The Bertz CT molecular complexity index is 1260. The molecule has 7 nitrogen and oxygen atoms in total. The highest BCUT2D eigenvalue weighted by atomic mass is 35.5. The van der Waals surface area contributed by atoms with Gasteiger partial charge < -0.3 is 9.30 Å². The number of ketones is 1. The number of nitrogens with two attached hydrogens (primary N) is 1. The molecule has 0 saturated heterocycles. The van der Waals surface area contributed by atoms with Crippen LogP contribution in [0.4, 0.5) is 0 Å². The highest BCUT2D eigenvalue weighted by molar-refractivity contribution is 7.89. The number of hydrogen-bond donors (Lipinski definition) is 1. The lowest BCUT2D eigenvalue weighted by Crippen LogP contribution is -2.15. The van der Waals surface area contributed by atoms with E-state index in [-0.39, 0.29) is 23.7 Å². The molecule has 3 rings (SSSR count). The lowest BCUT2D eigenvalue weighted by atomic mass is 10.1. The van der Waals surface area contributed by atoms with Crippen LogP contribution in [0.1, 0.15) is 33.7 Å². The van der Waals surface area contributed by atoms with E-state index in [1.807, 2.05) is 36.6 Å². The van der Waals surface area contributed by atoms with E-state index < -0.39 is 16.0 Å². The van der Waals surface area contributed by atoms with Crippen LogP contribution in [0, 0.1) is 13.8 Å². The predicted octanol–water partition coefficient (Wildman–Crippen LogP) is 3.75.